The van der Waals surface area contributed by atoms with Gasteiger partial charge in [0.25, 0.3) is 5.56 Å². The lowest BCUT2D eigenvalue weighted by Gasteiger charge is -2.15. The third kappa shape index (κ3) is 2.97. The van der Waals surface area contributed by atoms with Crippen molar-refractivity contribution in [3.63, 3.8) is 0 Å². The number of aryl methyl sites for hydroxylation is 1. The maximum Gasteiger partial charge on any atom is 0.316 e. The van der Waals surface area contributed by atoms with Crippen LogP contribution in [0.4, 0.5) is 0 Å². The van der Waals surface area contributed by atoms with Gasteiger partial charge in [0.05, 0.1) is 12.5 Å². The van der Waals surface area contributed by atoms with Gasteiger partial charge in [0.15, 0.2) is 0 Å². The second-order valence-corrected chi connectivity index (χ2v) is 6.19. The van der Waals surface area contributed by atoms with Gasteiger partial charge in [-0.2, -0.15) is 0 Å². The number of hydrogen-bond donors (Lipinski definition) is 0. The molecule has 2 heterocycles. The van der Waals surface area contributed by atoms with Gasteiger partial charge in [0.2, 0.25) is 0 Å². The highest BCUT2D eigenvalue weighted by molar-refractivity contribution is 5.96. The molecule has 0 bridgehead atoms. The smallest absolute Gasteiger partial charge is 0.316 e. The Bertz CT molecular complexity index is 1150. The molecule has 134 valence electrons. The Morgan fingerprint density at radius 2 is 1.74 bits per heavy atom. The maximum atomic E-state index is 13.5. The molecule has 0 fully saturated rings. The Labute approximate surface area is 156 Å². The number of para-hydroxylation sites is 1. The zero-order chi connectivity index (χ0) is 18.8. The molecule has 0 atom stereocenters. The number of pyridine rings is 1. The summed E-state index contributed by atoms with van der Waals surface area (Å²) in [6.07, 6.45) is 4.12. The average molecular weight is 357 g/mol. The lowest BCUT2D eigenvalue weighted by molar-refractivity contribution is 0.380. The van der Waals surface area contributed by atoms with Crippen LogP contribution < -0.4 is 10.3 Å². The standard InChI is InChI=1S/C22H19N3O2/c1-3-17-12-15-8-7-11-19(16-13-23-22(27-2)24-14-16)20(15)21(26)25(17)18-9-5-4-6-10-18/h4-14H,3H2,1-2H3. The highest BCUT2D eigenvalue weighted by atomic mass is 16.5. The SMILES string of the molecule is CCc1cc2cccc(-c3cnc(OC)nc3)c2c(=O)n1-c1ccccc1. The number of ether oxygens (including phenoxy) is 1. The summed E-state index contributed by atoms with van der Waals surface area (Å²) >= 11 is 0. The molecule has 0 aliphatic carbocycles. The molecule has 0 amide bonds. The van der Waals surface area contributed by atoms with Crippen LogP contribution in [-0.4, -0.2) is 21.6 Å². The Morgan fingerprint density at radius 1 is 1.00 bits per heavy atom. The van der Waals surface area contributed by atoms with Crippen molar-refractivity contribution < 1.29 is 4.74 Å². The van der Waals surface area contributed by atoms with E-state index in [2.05, 4.69) is 23.0 Å². The number of hydrogen-bond acceptors (Lipinski definition) is 4. The highest BCUT2D eigenvalue weighted by Crippen LogP contribution is 2.27. The molecular formula is C22H19N3O2. The van der Waals surface area contributed by atoms with Gasteiger partial charge in [-0.05, 0) is 35.6 Å². The monoisotopic (exact) mass is 357 g/mol. The van der Waals surface area contributed by atoms with Gasteiger partial charge in [-0.25, -0.2) is 9.97 Å². The molecule has 0 aliphatic heterocycles. The van der Waals surface area contributed by atoms with Crippen LogP contribution in [0, 0.1) is 0 Å². The van der Waals surface area contributed by atoms with Gasteiger partial charge in [0.1, 0.15) is 0 Å². The van der Waals surface area contributed by atoms with Crippen molar-refractivity contribution in [2.24, 2.45) is 0 Å². The quantitative estimate of drug-likeness (QED) is 0.553. The molecule has 0 N–H and O–H groups in total. The average Bonchev–Trinajstić information content (AvgIpc) is 2.73. The predicted octanol–water partition coefficient (Wildman–Crippen LogP) is 4.02. The molecule has 4 rings (SSSR count). The lowest BCUT2D eigenvalue weighted by Crippen LogP contribution is -2.22. The minimum atomic E-state index is -0.0398. The van der Waals surface area contributed by atoms with Crippen LogP contribution in [-0.2, 0) is 6.42 Å². The van der Waals surface area contributed by atoms with Gasteiger partial charge in [0, 0.05) is 29.3 Å². The number of aromatic nitrogens is 3. The first-order valence-electron chi connectivity index (χ1n) is 8.82. The van der Waals surface area contributed by atoms with E-state index >= 15 is 0 Å². The second-order valence-electron chi connectivity index (χ2n) is 6.19. The number of fused-ring (bicyclic) bond motifs is 1. The van der Waals surface area contributed by atoms with E-state index in [4.69, 9.17) is 4.74 Å². The molecule has 0 unspecified atom stereocenters. The first-order chi connectivity index (χ1) is 13.2. The van der Waals surface area contributed by atoms with Crippen LogP contribution in [0.3, 0.4) is 0 Å². The molecule has 0 saturated heterocycles. The van der Waals surface area contributed by atoms with Crippen LogP contribution >= 0.6 is 0 Å². The first kappa shape index (κ1) is 17.0. The lowest BCUT2D eigenvalue weighted by atomic mass is 10.0. The summed E-state index contributed by atoms with van der Waals surface area (Å²) in [5, 5.41) is 1.57. The molecule has 0 aliphatic rings. The molecule has 0 spiro atoms. The van der Waals surface area contributed by atoms with Crippen molar-refractivity contribution in [1.82, 2.24) is 14.5 Å². The summed E-state index contributed by atoms with van der Waals surface area (Å²) < 4.78 is 6.82. The van der Waals surface area contributed by atoms with Crippen molar-refractivity contribution in [3.05, 3.63) is 83.0 Å². The summed E-state index contributed by atoms with van der Waals surface area (Å²) in [6, 6.07) is 18.0. The summed E-state index contributed by atoms with van der Waals surface area (Å²) in [4.78, 5) is 21.9. The molecule has 5 nitrogen and oxygen atoms in total. The molecule has 5 heteroatoms. The zero-order valence-corrected chi connectivity index (χ0v) is 15.2. The fourth-order valence-electron chi connectivity index (χ4n) is 3.34. The van der Waals surface area contributed by atoms with E-state index < -0.39 is 0 Å². The van der Waals surface area contributed by atoms with Crippen LogP contribution in [0.5, 0.6) is 6.01 Å². The summed E-state index contributed by atoms with van der Waals surface area (Å²) in [5.41, 5.74) is 3.39. The highest BCUT2D eigenvalue weighted by Gasteiger charge is 2.14. The maximum absolute atomic E-state index is 13.5. The third-order valence-electron chi connectivity index (χ3n) is 4.62. The van der Waals surface area contributed by atoms with E-state index in [1.54, 1.807) is 17.0 Å². The summed E-state index contributed by atoms with van der Waals surface area (Å²) in [6.45, 7) is 2.06. The van der Waals surface area contributed by atoms with E-state index in [0.29, 0.717) is 11.4 Å². The summed E-state index contributed by atoms with van der Waals surface area (Å²) in [5.74, 6) is 0. The van der Waals surface area contributed by atoms with Crippen LogP contribution in [0.15, 0.2) is 71.8 Å². The first-order valence-corrected chi connectivity index (χ1v) is 8.82. The topological polar surface area (TPSA) is 57.0 Å². The molecular weight excluding hydrogens is 338 g/mol. The van der Waals surface area contributed by atoms with Gasteiger partial charge in [-0.15, -0.1) is 0 Å². The molecule has 2 aromatic heterocycles. The van der Waals surface area contributed by atoms with E-state index in [1.165, 1.54) is 7.11 Å². The number of nitrogens with zero attached hydrogens (tertiary/aromatic N) is 3. The van der Waals surface area contributed by atoms with Gasteiger partial charge in [-0.1, -0.05) is 43.3 Å². The van der Waals surface area contributed by atoms with Crippen LogP contribution in [0.1, 0.15) is 12.6 Å². The molecule has 0 radical (unpaired) electrons. The van der Waals surface area contributed by atoms with Gasteiger partial charge < -0.3 is 4.74 Å². The normalized spacial score (nSPS) is 10.9. The zero-order valence-electron chi connectivity index (χ0n) is 15.2. The van der Waals surface area contributed by atoms with Crippen molar-refractivity contribution in [2.45, 2.75) is 13.3 Å². The minimum absolute atomic E-state index is 0.0398. The number of rotatable bonds is 4. The molecule has 2 aromatic carbocycles. The van der Waals surface area contributed by atoms with Crippen LogP contribution in [0.2, 0.25) is 0 Å². The summed E-state index contributed by atoms with van der Waals surface area (Å²) in [7, 11) is 1.53. The number of methoxy groups -OCH3 is 1. The predicted molar refractivity (Wildman–Crippen MR) is 107 cm³/mol. The number of benzene rings is 2. The van der Waals surface area contributed by atoms with Crippen molar-refractivity contribution in [2.75, 3.05) is 7.11 Å². The van der Waals surface area contributed by atoms with E-state index in [0.717, 1.165) is 34.3 Å². The van der Waals surface area contributed by atoms with Crippen molar-refractivity contribution in [3.8, 4) is 22.8 Å². The van der Waals surface area contributed by atoms with Crippen molar-refractivity contribution in [1.29, 1.82) is 0 Å². The van der Waals surface area contributed by atoms with Gasteiger partial charge >= 0.3 is 6.01 Å². The molecule has 0 saturated carbocycles. The minimum Gasteiger partial charge on any atom is -0.467 e. The fraction of sp³-hybridized carbons (Fsp3) is 0.136. The Balaban J connectivity index is 2.03. The van der Waals surface area contributed by atoms with Crippen molar-refractivity contribution >= 4 is 10.8 Å². The molecule has 27 heavy (non-hydrogen) atoms. The third-order valence-corrected chi connectivity index (χ3v) is 4.62. The Kier molecular flexibility index (Phi) is 4.42. The molecule has 4 aromatic rings. The van der Waals surface area contributed by atoms with E-state index in [1.807, 2.05) is 48.5 Å². The van der Waals surface area contributed by atoms with E-state index in [9.17, 15) is 4.79 Å². The van der Waals surface area contributed by atoms with E-state index in [-0.39, 0.29) is 5.56 Å². The second kappa shape index (κ2) is 7.03. The largest absolute Gasteiger partial charge is 0.467 e. The van der Waals surface area contributed by atoms with Gasteiger partial charge in [-0.3, -0.25) is 9.36 Å². The Hall–Kier alpha value is -3.47. The fourth-order valence-corrected chi connectivity index (χ4v) is 3.34. The van der Waals surface area contributed by atoms with Crippen LogP contribution in [0.25, 0.3) is 27.6 Å². The Morgan fingerprint density at radius 3 is 2.41 bits per heavy atom.